The van der Waals surface area contributed by atoms with Crippen LogP contribution in [0.3, 0.4) is 0 Å². The van der Waals surface area contributed by atoms with Crippen molar-refractivity contribution in [2.75, 3.05) is 63.9 Å². The van der Waals surface area contributed by atoms with Crippen molar-refractivity contribution in [2.45, 2.75) is 64.7 Å². The van der Waals surface area contributed by atoms with E-state index in [1.165, 1.54) is 55.6 Å². The standard InChI is InChI=1S/C35H48N4O3/c1-2-28-26-30-10-11-31(12-15-34(40)41)36-35(30)33(27-28)39-23-21-38(22-24-39)20-16-29-8-13-32(14-9-29)42-25-7-19-37-17-5-3-4-6-18-37/h8-11,13-14,26-27H,2-7,12,15-25H2,1H3,(H,40,41). The molecule has 0 unspecified atom stereocenters. The Balaban J connectivity index is 1.08. The third-order valence-corrected chi connectivity index (χ3v) is 8.83. The van der Waals surface area contributed by atoms with Crippen LogP contribution in [0.4, 0.5) is 5.69 Å². The van der Waals surface area contributed by atoms with Crippen LogP contribution in [-0.2, 0) is 24.1 Å². The molecule has 3 heterocycles. The summed E-state index contributed by atoms with van der Waals surface area (Å²) in [6.45, 7) is 11.7. The largest absolute Gasteiger partial charge is 0.494 e. The highest BCUT2D eigenvalue weighted by Crippen LogP contribution is 2.29. The number of aryl methyl sites for hydroxylation is 2. The van der Waals surface area contributed by atoms with Crippen molar-refractivity contribution in [1.82, 2.24) is 14.8 Å². The van der Waals surface area contributed by atoms with E-state index in [2.05, 4.69) is 64.1 Å². The first kappa shape index (κ1) is 30.3. The van der Waals surface area contributed by atoms with E-state index in [4.69, 9.17) is 14.8 Å². The lowest BCUT2D eigenvalue weighted by Crippen LogP contribution is -2.47. The first-order chi connectivity index (χ1) is 20.6. The second kappa shape index (κ2) is 15.4. The third-order valence-electron chi connectivity index (χ3n) is 8.83. The number of rotatable bonds is 13. The Labute approximate surface area is 251 Å². The lowest BCUT2D eigenvalue weighted by atomic mass is 10.0. The molecule has 1 aromatic heterocycles. The third kappa shape index (κ3) is 8.68. The topological polar surface area (TPSA) is 69.1 Å². The first-order valence-corrected chi connectivity index (χ1v) is 16.1. The molecule has 226 valence electrons. The number of hydrogen-bond acceptors (Lipinski definition) is 6. The van der Waals surface area contributed by atoms with Crippen LogP contribution in [0.1, 0.15) is 62.3 Å². The Morgan fingerprint density at radius 1 is 0.833 bits per heavy atom. The molecule has 2 aromatic carbocycles. The molecule has 0 aliphatic carbocycles. The maximum atomic E-state index is 11.1. The second-order valence-corrected chi connectivity index (χ2v) is 11.9. The summed E-state index contributed by atoms with van der Waals surface area (Å²) >= 11 is 0. The monoisotopic (exact) mass is 572 g/mol. The summed E-state index contributed by atoms with van der Waals surface area (Å²) in [5, 5.41) is 10.2. The number of carbonyl (C=O) groups is 1. The highest BCUT2D eigenvalue weighted by molar-refractivity contribution is 5.92. The van der Waals surface area contributed by atoms with Gasteiger partial charge >= 0.3 is 5.97 Å². The normalized spacial score (nSPS) is 16.9. The summed E-state index contributed by atoms with van der Waals surface area (Å²) in [5.74, 6) is 0.192. The lowest BCUT2D eigenvalue weighted by molar-refractivity contribution is -0.136. The Kier molecular flexibility index (Phi) is 11.1. The van der Waals surface area contributed by atoms with Crippen LogP contribution in [0.15, 0.2) is 48.5 Å². The summed E-state index contributed by atoms with van der Waals surface area (Å²) in [7, 11) is 0. The molecule has 2 fully saturated rings. The molecule has 0 spiro atoms. The summed E-state index contributed by atoms with van der Waals surface area (Å²) in [6, 6.07) is 17.3. The summed E-state index contributed by atoms with van der Waals surface area (Å²) in [4.78, 5) is 23.6. The van der Waals surface area contributed by atoms with Crippen molar-refractivity contribution >= 4 is 22.6 Å². The van der Waals surface area contributed by atoms with Gasteiger partial charge in [0.2, 0.25) is 0 Å². The number of fused-ring (bicyclic) bond motifs is 1. The average molecular weight is 573 g/mol. The number of hydrogen-bond donors (Lipinski definition) is 1. The number of pyridine rings is 1. The minimum atomic E-state index is -0.785. The van der Waals surface area contributed by atoms with Crippen LogP contribution in [0.25, 0.3) is 10.9 Å². The molecule has 2 saturated heterocycles. The van der Waals surface area contributed by atoms with Crippen molar-refractivity contribution in [1.29, 1.82) is 0 Å². The van der Waals surface area contributed by atoms with Gasteiger partial charge in [0.25, 0.3) is 0 Å². The number of carboxylic acids is 1. The molecule has 2 aliphatic rings. The predicted octanol–water partition coefficient (Wildman–Crippen LogP) is 5.82. The number of anilines is 1. The van der Waals surface area contributed by atoms with E-state index in [1.54, 1.807) is 0 Å². The molecule has 0 atom stereocenters. The zero-order valence-electron chi connectivity index (χ0n) is 25.4. The quantitative estimate of drug-likeness (QED) is 0.259. The fraction of sp³-hybridized carbons (Fsp3) is 0.543. The van der Waals surface area contributed by atoms with E-state index in [0.717, 1.165) is 87.5 Å². The number of ether oxygens (including phenoxy) is 1. The summed E-state index contributed by atoms with van der Waals surface area (Å²) in [6.07, 6.45) is 9.14. The van der Waals surface area contributed by atoms with E-state index in [0.29, 0.717) is 6.42 Å². The highest BCUT2D eigenvalue weighted by Gasteiger charge is 2.20. The number of likely N-dealkylation sites (tertiary alicyclic amines) is 1. The summed E-state index contributed by atoms with van der Waals surface area (Å²) in [5.41, 5.74) is 5.69. The second-order valence-electron chi connectivity index (χ2n) is 11.9. The molecule has 0 amide bonds. The predicted molar refractivity (Wildman–Crippen MR) is 171 cm³/mol. The molecular formula is C35H48N4O3. The Morgan fingerprint density at radius 2 is 1.57 bits per heavy atom. The Hall–Kier alpha value is -3.16. The molecule has 0 radical (unpaired) electrons. The van der Waals surface area contributed by atoms with Crippen LogP contribution in [0.2, 0.25) is 0 Å². The van der Waals surface area contributed by atoms with E-state index in [1.807, 2.05) is 6.07 Å². The van der Waals surface area contributed by atoms with Gasteiger partial charge in [-0.3, -0.25) is 14.7 Å². The average Bonchev–Trinajstić information content (AvgIpc) is 3.30. The van der Waals surface area contributed by atoms with Gasteiger partial charge in [-0.05, 0) is 86.7 Å². The number of nitrogens with zero attached hydrogens (tertiary/aromatic N) is 4. The smallest absolute Gasteiger partial charge is 0.303 e. The van der Waals surface area contributed by atoms with E-state index in [-0.39, 0.29) is 6.42 Å². The molecule has 2 aliphatic heterocycles. The van der Waals surface area contributed by atoms with Crippen LogP contribution < -0.4 is 9.64 Å². The van der Waals surface area contributed by atoms with E-state index < -0.39 is 5.97 Å². The minimum Gasteiger partial charge on any atom is -0.494 e. The number of carboxylic acid groups (broad SMARTS) is 1. The fourth-order valence-corrected chi connectivity index (χ4v) is 6.23. The SMILES string of the molecule is CCc1cc(N2CCN(CCc3ccc(OCCCN4CCCCCC4)cc3)CC2)c2nc(CCC(=O)O)ccc2c1. The zero-order valence-corrected chi connectivity index (χ0v) is 25.4. The van der Waals surface area contributed by atoms with E-state index in [9.17, 15) is 4.79 Å². The number of aliphatic carboxylic acids is 1. The van der Waals surface area contributed by atoms with Gasteiger partial charge < -0.3 is 19.6 Å². The van der Waals surface area contributed by atoms with Gasteiger partial charge in [-0.25, -0.2) is 0 Å². The van der Waals surface area contributed by atoms with Gasteiger partial charge in [0.1, 0.15) is 5.75 Å². The van der Waals surface area contributed by atoms with Crippen LogP contribution >= 0.6 is 0 Å². The van der Waals surface area contributed by atoms with Crippen molar-refractivity contribution in [2.24, 2.45) is 0 Å². The lowest BCUT2D eigenvalue weighted by Gasteiger charge is -2.36. The van der Waals surface area contributed by atoms with Crippen LogP contribution in [0, 0.1) is 0 Å². The van der Waals surface area contributed by atoms with Gasteiger partial charge in [0, 0.05) is 56.8 Å². The molecule has 3 aromatic rings. The number of benzene rings is 2. The van der Waals surface area contributed by atoms with Gasteiger partial charge in [0.05, 0.1) is 24.2 Å². The molecule has 0 bridgehead atoms. The van der Waals surface area contributed by atoms with Gasteiger partial charge in [0.15, 0.2) is 0 Å². The minimum absolute atomic E-state index is 0.105. The molecule has 7 heteroatoms. The maximum Gasteiger partial charge on any atom is 0.303 e. The Bertz CT molecular complexity index is 1280. The van der Waals surface area contributed by atoms with Gasteiger partial charge in [-0.2, -0.15) is 0 Å². The molecule has 7 nitrogen and oxygen atoms in total. The fourth-order valence-electron chi connectivity index (χ4n) is 6.23. The first-order valence-electron chi connectivity index (χ1n) is 16.1. The molecule has 1 N–H and O–H groups in total. The van der Waals surface area contributed by atoms with Gasteiger partial charge in [-0.15, -0.1) is 0 Å². The van der Waals surface area contributed by atoms with Crippen LogP contribution in [0.5, 0.6) is 5.75 Å². The molecular weight excluding hydrogens is 524 g/mol. The van der Waals surface area contributed by atoms with Crippen molar-refractivity contribution < 1.29 is 14.6 Å². The Morgan fingerprint density at radius 3 is 2.29 bits per heavy atom. The maximum absolute atomic E-state index is 11.1. The van der Waals surface area contributed by atoms with Crippen molar-refractivity contribution in [3.8, 4) is 5.75 Å². The zero-order chi connectivity index (χ0) is 29.1. The molecule has 42 heavy (non-hydrogen) atoms. The van der Waals surface area contributed by atoms with Crippen LogP contribution in [-0.4, -0.2) is 84.8 Å². The van der Waals surface area contributed by atoms with Gasteiger partial charge in [-0.1, -0.05) is 38.0 Å². The van der Waals surface area contributed by atoms with E-state index >= 15 is 0 Å². The summed E-state index contributed by atoms with van der Waals surface area (Å²) < 4.78 is 6.04. The number of aromatic nitrogens is 1. The number of piperazine rings is 1. The van der Waals surface area contributed by atoms with Crippen molar-refractivity contribution in [3.05, 3.63) is 65.4 Å². The highest BCUT2D eigenvalue weighted by atomic mass is 16.5. The molecule has 0 saturated carbocycles. The van der Waals surface area contributed by atoms with Crippen molar-refractivity contribution in [3.63, 3.8) is 0 Å². The molecule has 5 rings (SSSR count).